The van der Waals surface area contributed by atoms with E-state index < -0.39 is 0 Å². The van der Waals surface area contributed by atoms with E-state index in [9.17, 15) is 9.18 Å². The van der Waals surface area contributed by atoms with Gasteiger partial charge in [0.15, 0.2) is 0 Å². The Morgan fingerprint density at radius 1 is 1.50 bits per heavy atom. The van der Waals surface area contributed by atoms with Crippen LogP contribution in [0, 0.1) is 17.2 Å². The number of hydrogen-bond acceptors (Lipinski definition) is 2. The van der Waals surface area contributed by atoms with Gasteiger partial charge in [-0.05, 0) is 84.7 Å². The molecule has 2 unspecified atom stereocenters. The zero-order valence-corrected chi connectivity index (χ0v) is 14.4. The number of piperidine rings is 1. The fourth-order valence-electron chi connectivity index (χ4n) is 3.61. The van der Waals surface area contributed by atoms with Gasteiger partial charge < -0.3 is 10.6 Å². The predicted molar refractivity (Wildman–Crippen MR) is 88.1 cm³/mol. The second kappa shape index (κ2) is 6.28. The number of carbonyl (C=O) groups is 1. The topological polar surface area (TPSA) is 41.1 Å². The summed E-state index contributed by atoms with van der Waals surface area (Å²) in [6.07, 6.45) is 3.98. The molecule has 3 nitrogen and oxygen atoms in total. The molecule has 1 heterocycles. The van der Waals surface area contributed by atoms with Gasteiger partial charge in [-0.1, -0.05) is 6.07 Å². The molecule has 1 aromatic carbocycles. The predicted octanol–water partition coefficient (Wildman–Crippen LogP) is 3.03. The Bertz CT molecular complexity index is 572. The van der Waals surface area contributed by atoms with Crippen molar-refractivity contribution in [3.63, 3.8) is 0 Å². The molecule has 3 rings (SSSR count). The Morgan fingerprint density at radius 3 is 2.91 bits per heavy atom. The van der Waals surface area contributed by atoms with Crippen LogP contribution in [0.5, 0.6) is 0 Å². The summed E-state index contributed by atoms with van der Waals surface area (Å²) < 4.78 is 13.7. The molecule has 120 valence electrons. The standard InChI is InChI=1S/C17H22BrFN2O/c1-11(8-12-2-3-15(19)14(18)9-12)21-16(22)13-10-17(13)4-6-20-7-5-17/h2-3,9,11,13,20H,4-8,10H2,1H3,(H,21,22). The van der Waals surface area contributed by atoms with Crippen molar-refractivity contribution in [2.75, 3.05) is 13.1 Å². The highest BCUT2D eigenvalue weighted by molar-refractivity contribution is 9.10. The first-order chi connectivity index (χ1) is 10.5. The molecule has 0 aromatic heterocycles. The maximum atomic E-state index is 13.2. The van der Waals surface area contributed by atoms with E-state index in [0.717, 1.165) is 37.9 Å². The summed E-state index contributed by atoms with van der Waals surface area (Å²) >= 11 is 3.20. The summed E-state index contributed by atoms with van der Waals surface area (Å²) in [6, 6.07) is 5.07. The largest absolute Gasteiger partial charge is 0.353 e. The monoisotopic (exact) mass is 368 g/mol. The van der Waals surface area contributed by atoms with E-state index in [-0.39, 0.29) is 29.1 Å². The Hall–Kier alpha value is -0.940. The van der Waals surface area contributed by atoms with E-state index in [1.165, 1.54) is 6.07 Å². The molecule has 1 aromatic rings. The lowest BCUT2D eigenvalue weighted by molar-refractivity contribution is -0.123. The zero-order valence-electron chi connectivity index (χ0n) is 12.8. The Labute approximate surface area is 139 Å². The van der Waals surface area contributed by atoms with Gasteiger partial charge in [-0.25, -0.2) is 4.39 Å². The molecule has 1 spiro atoms. The van der Waals surface area contributed by atoms with Crippen LogP contribution in [0.3, 0.4) is 0 Å². The van der Waals surface area contributed by atoms with Gasteiger partial charge in [0.2, 0.25) is 5.91 Å². The fourth-order valence-corrected chi connectivity index (χ4v) is 4.04. The molecule has 1 saturated heterocycles. The molecule has 5 heteroatoms. The van der Waals surface area contributed by atoms with Gasteiger partial charge in [0.25, 0.3) is 0 Å². The summed E-state index contributed by atoms with van der Waals surface area (Å²) in [5.74, 6) is 0.124. The van der Waals surface area contributed by atoms with Gasteiger partial charge in [-0.15, -0.1) is 0 Å². The van der Waals surface area contributed by atoms with Gasteiger partial charge in [0.05, 0.1) is 4.47 Å². The molecule has 1 amide bonds. The van der Waals surface area contributed by atoms with Crippen molar-refractivity contribution in [2.45, 2.75) is 38.6 Å². The third kappa shape index (κ3) is 3.35. The van der Waals surface area contributed by atoms with Crippen LogP contribution in [-0.2, 0) is 11.2 Å². The zero-order chi connectivity index (χ0) is 15.7. The lowest BCUT2D eigenvalue weighted by Crippen LogP contribution is -2.38. The second-order valence-electron chi connectivity index (χ2n) is 6.73. The maximum Gasteiger partial charge on any atom is 0.223 e. The number of nitrogens with one attached hydrogen (secondary N) is 2. The quantitative estimate of drug-likeness (QED) is 0.857. The van der Waals surface area contributed by atoms with Crippen LogP contribution in [0.2, 0.25) is 0 Å². The van der Waals surface area contributed by atoms with Crippen LogP contribution < -0.4 is 10.6 Å². The molecule has 22 heavy (non-hydrogen) atoms. The summed E-state index contributed by atoms with van der Waals surface area (Å²) in [5, 5.41) is 6.48. The maximum absolute atomic E-state index is 13.2. The van der Waals surface area contributed by atoms with Crippen molar-refractivity contribution in [1.29, 1.82) is 0 Å². The minimum atomic E-state index is -0.258. The lowest BCUT2D eigenvalue weighted by Gasteiger charge is -2.23. The van der Waals surface area contributed by atoms with Crippen molar-refractivity contribution >= 4 is 21.8 Å². The second-order valence-corrected chi connectivity index (χ2v) is 7.59. The normalized spacial score (nSPS) is 24.0. The van der Waals surface area contributed by atoms with Crippen LogP contribution >= 0.6 is 15.9 Å². The fraction of sp³-hybridized carbons (Fsp3) is 0.588. The van der Waals surface area contributed by atoms with Crippen LogP contribution in [0.4, 0.5) is 4.39 Å². The van der Waals surface area contributed by atoms with Crippen LogP contribution in [0.25, 0.3) is 0 Å². The Morgan fingerprint density at radius 2 is 2.23 bits per heavy atom. The number of rotatable bonds is 4. The van der Waals surface area contributed by atoms with Gasteiger partial charge in [0.1, 0.15) is 5.82 Å². The van der Waals surface area contributed by atoms with Crippen LogP contribution in [0.15, 0.2) is 22.7 Å². The van der Waals surface area contributed by atoms with E-state index in [1.54, 1.807) is 12.1 Å². The average molecular weight is 369 g/mol. The summed E-state index contributed by atoms with van der Waals surface area (Å²) in [7, 11) is 0. The molecule has 2 fully saturated rings. The number of benzene rings is 1. The molecule has 0 radical (unpaired) electrons. The molecule has 1 saturated carbocycles. The average Bonchev–Trinajstić information content (AvgIpc) is 3.17. The number of hydrogen-bond donors (Lipinski definition) is 2. The van der Waals surface area contributed by atoms with Crippen molar-refractivity contribution in [2.24, 2.45) is 11.3 Å². The van der Waals surface area contributed by atoms with E-state index >= 15 is 0 Å². The van der Waals surface area contributed by atoms with E-state index in [1.807, 2.05) is 6.92 Å². The summed E-state index contributed by atoms with van der Waals surface area (Å²) in [5.41, 5.74) is 1.29. The van der Waals surface area contributed by atoms with Gasteiger partial charge in [0, 0.05) is 12.0 Å². The lowest BCUT2D eigenvalue weighted by atomic mass is 9.91. The van der Waals surface area contributed by atoms with Gasteiger partial charge in [-0.2, -0.15) is 0 Å². The highest BCUT2D eigenvalue weighted by Crippen LogP contribution is 2.58. The number of halogens is 2. The number of amides is 1. The van der Waals surface area contributed by atoms with Gasteiger partial charge >= 0.3 is 0 Å². The van der Waals surface area contributed by atoms with Crippen molar-refractivity contribution in [1.82, 2.24) is 10.6 Å². The van der Waals surface area contributed by atoms with Crippen LogP contribution in [-0.4, -0.2) is 25.0 Å². The SMILES string of the molecule is CC(Cc1ccc(F)c(Br)c1)NC(=O)C1CC12CCNCC2. The molecular weight excluding hydrogens is 347 g/mol. The molecule has 1 aliphatic carbocycles. The Balaban J connectivity index is 1.52. The number of carbonyl (C=O) groups excluding carboxylic acids is 1. The molecule has 0 bridgehead atoms. The first-order valence-corrected chi connectivity index (χ1v) is 8.74. The van der Waals surface area contributed by atoms with E-state index in [2.05, 4.69) is 26.6 Å². The first kappa shape index (κ1) is 15.9. The summed E-state index contributed by atoms with van der Waals surface area (Å²) in [4.78, 5) is 12.4. The molecule has 2 atom stereocenters. The third-order valence-electron chi connectivity index (χ3n) is 5.02. The Kier molecular flexibility index (Phi) is 4.55. The molecule has 1 aliphatic heterocycles. The van der Waals surface area contributed by atoms with E-state index in [4.69, 9.17) is 0 Å². The van der Waals surface area contributed by atoms with Crippen LogP contribution in [0.1, 0.15) is 31.7 Å². The minimum absolute atomic E-state index is 0.0595. The first-order valence-electron chi connectivity index (χ1n) is 7.95. The highest BCUT2D eigenvalue weighted by atomic mass is 79.9. The van der Waals surface area contributed by atoms with E-state index in [0.29, 0.717) is 10.9 Å². The molecular formula is C17H22BrFN2O. The summed E-state index contributed by atoms with van der Waals surface area (Å²) in [6.45, 7) is 4.07. The smallest absolute Gasteiger partial charge is 0.223 e. The molecule has 2 aliphatic rings. The van der Waals surface area contributed by atoms with Crippen molar-refractivity contribution in [3.05, 3.63) is 34.1 Å². The van der Waals surface area contributed by atoms with Crippen molar-refractivity contribution in [3.8, 4) is 0 Å². The molecule has 2 N–H and O–H groups in total. The highest BCUT2D eigenvalue weighted by Gasteiger charge is 2.57. The third-order valence-corrected chi connectivity index (χ3v) is 5.63. The minimum Gasteiger partial charge on any atom is -0.353 e. The van der Waals surface area contributed by atoms with Gasteiger partial charge in [-0.3, -0.25) is 4.79 Å². The van der Waals surface area contributed by atoms with Crippen molar-refractivity contribution < 1.29 is 9.18 Å².